The molecule has 0 amide bonds. The van der Waals surface area contributed by atoms with E-state index in [9.17, 15) is 4.79 Å². The lowest BCUT2D eigenvalue weighted by molar-refractivity contribution is -0.156. The first-order valence-corrected chi connectivity index (χ1v) is 8.29. The summed E-state index contributed by atoms with van der Waals surface area (Å²) in [5.41, 5.74) is 2.21. The van der Waals surface area contributed by atoms with Crippen LogP contribution in [0.15, 0.2) is 16.6 Å². The fourth-order valence-corrected chi connectivity index (χ4v) is 3.92. The number of halogens is 1. The summed E-state index contributed by atoms with van der Waals surface area (Å²) >= 11 is 3.58. The molecule has 2 aliphatic rings. The van der Waals surface area contributed by atoms with Crippen molar-refractivity contribution in [1.29, 1.82) is 0 Å². The van der Waals surface area contributed by atoms with Crippen molar-refractivity contribution in [3.05, 3.63) is 27.7 Å². The summed E-state index contributed by atoms with van der Waals surface area (Å²) < 4.78 is 7.33. The molecular weight excluding hydrogens is 316 g/mol. The van der Waals surface area contributed by atoms with Crippen LogP contribution in [0.2, 0.25) is 0 Å². The average molecular weight is 337 g/mol. The molecule has 2 nitrogen and oxygen atoms in total. The third kappa shape index (κ3) is 2.20. The number of carbonyl (C=O) groups is 1. The second-order valence-electron chi connectivity index (χ2n) is 6.32. The molecule has 1 aromatic rings. The van der Waals surface area contributed by atoms with E-state index in [1.807, 2.05) is 0 Å². The lowest BCUT2D eigenvalue weighted by Gasteiger charge is -2.49. The number of ketones is 1. The Hall–Kier alpha value is -0.830. The average Bonchev–Trinajstić information content (AvgIpc) is 2.45. The normalized spacial score (nSPS) is 24.6. The van der Waals surface area contributed by atoms with E-state index in [0.29, 0.717) is 12.2 Å². The minimum atomic E-state index is -0.160. The van der Waals surface area contributed by atoms with Gasteiger partial charge in [0.15, 0.2) is 0 Å². The Morgan fingerprint density at radius 3 is 2.30 bits per heavy atom. The maximum Gasteiger partial charge on any atom is 0.146 e. The van der Waals surface area contributed by atoms with E-state index in [4.69, 9.17) is 4.74 Å². The quantitative estimate of drug-likeness (QED) is 0.779. The van der Waals surface area contributed by atoms with Crippen molar-refractivity contribution >= 4 is 21.7 Å². The molecule has 2 saturated carbocycles. The molecule has 108 valence electrons. The van der Waals surface area contributed by atoms with Crippen LogP contribution in [0.4, 0.5) is 0 Å². The standard InChI is InChI=1S/C17H21BrO2/c1-11-8-13(9-12(2)16(11)18)20-15-10-14(19)17(15)6-4-3-5-7-17/h8-9,15H,3-7,10H2,1-2H3. The van der Waals surface area contributed by atoms with Gasteiger partial charge in [0.05, 0.1) is 5.41 Å². The summed E-state index contributed by atoms with van der Waals surface area (Å²) in [6.07, 6.45) is 6.33. The Morgan fingerprint density at radius 2 is 1.75 bits per heavy atom. The molecule has 1 atom stereocenters. The largest absolute Gasteiger partial charge is 0.489 e. The molecule has 3 rings (SSSR count). The van der Waals surface area contributed by atoms with Crippen molar-refractivity contribution in [3.8, 4) is 5.75 Å². The van der Waals surface area contributed by atoms with E-state index in [0.717, 1.165) is 23.1 Å². The number of carbonyl (C=O) groups excluding carboxylic acids is 1. The number of Topliss-reactive ketones (excluding diaryl/α,β-unsaturated/α-hetero) is 1. The fourth-order valence-electron chi connectivity index (χ4n) is 3.69. The zero-order valence-corrected chi connectivity index (χ0v) is 13.8. The number of benzene rings is 1. The van der Waals surface area contributed by atoms with Crippen molar-refractivity contribution in [1.82, 2.24) is 0 Å². The van der Waals surface area contributed by atoms with E-state index in [2.05, 4.69) is 41.9 Å². The molecule has 1 spiro atoms. The summed E-state index contributed by atoms with van der Waals surface area (Å²) in [4.78, 5) is 12.1. The minimum Gasteiger partial charge on any atom is -0.489 e. The van der Waals surface area contributed by atoms with Crippen molar-refractivity contribution in [2.45, 2.75) is 58.5 Å². The zero-order chi connectivity index (χ0) is 14.3. The Bertz CT molecular complexity index is 521. The first-order valence-electron chi connectivity index (χ1n) is 7.50. The second kappa shape index (κ2) is 5.18. The first-order chi connectivity index (χ1) is 9.53. The molecule has 0 bridgehead atoms. The minimum absolute atomic E-state index is 0.0928. The van der Waals surface area contributed by atoms with Crippen LogP contribution in [0.5, 0.6) is 5.75 Å². The summed E-state index contributed by atoms with van der Waals surface area (Å²) in [6, 6.07) is 4.13. The number of hydrogen-bond acceptors (Lipinski definition) is 2. The van der Waals surface area contributed by atoms with Crippen LogP contribution in [-0.2, 0) is 4.79 Å². The van der Waals surface area contributed by atoms with Crippen molar-refractivity contribution in [2.75, 3.05) is 0 Å². The molecule has 3 heteroatoms. The van der Waals surface area contributed by atoms with Crippen molar-refractivity contribution < 1.29 is 9.53 Å². The number of aryl methyl sites for hydroxylation is 2. The van der Waals surface area contributed by atoms with E-state index in [1.54, 1.807) is 0 Å². The highest BCUT2D eigenvalue weighted by Gasteiger charge is 2.56. The molecule has 2 fully saturated rings. The Labute approximate surface area is 129 Å². The van der Waals surface area contributed by atoms with Gasteiger partial charge in [-0.3, -0.25) is 4.79 Å². The lowest BCUT2D eigenvalue weighted by atomic mass is 9.57. The summed E-state index contributed by atoms with van der Waals surface area (Å²) in [6.45, 7) is 4.15. The van der Waals surface area contributed by atoms with Gasteiger partial charge in [-0.15, -0.1) is 0 Å². The van der Waals surface area contributed by atoms with Gasteiger partial charge in [0, 0.05) is 10.9 Å². The molecular formula is C17H21BrO2. The molecule has 0 N–H and O–H groups in total. The maximum absolute atomic E-state index is 12.1. The summed E-state index contributed by atoms with van der Waals surface area (Å²) in [7, 11) is 0. The van der Waals surface area contributed by atoms with Crippen LogP contribution >= 0.6 is 15.9 Å². The Balaban J connectivity index is 1.80. The van der Waals surface area contributed by atoms with Crippen molar-refractivity contribution in [2.24, 2.45) is 5.41 Å². The molecule has 0 radical (unpaired) electrons. The van der Waals surface area contributed by atoms with Gasteiger partial charge in [0.2, 0.25) is 0 Å². The van der Waals surface area contributed by atoms with Gasteiger partial charge in [-0.2, -0.15) is 0 Å². The third-order valence-electron chi connectivity index (χ3n) is 4.98. The van der Waals surface area contributed by atoms with Gasteiger partial charge in [-0.05, 0) is 49.9 Å². The SMILES string of the molecule is Cc1cc(OC2CC(=O)C23CCCCC3)cc(C)c1Br. The summed E-state index contributed by atoms with van der Waals surface area (Å²) in [5.74, 6) is 1.33. The molecule has 0 saturated heterocycles. The number of hydrogen-bond donors (Lipinski definition) is 0. The second-order valence-corrected chi connectivity index (χ2v) is 7.11. The lowest BCUT2D eigenvalue weighted by Crippen LogP contribution is -2.57. The molecule has 2 aliphatic carbocycles. The van der Waals surface area contributed by atoms with Crippen LogP contribution in [-0.4, -0.2) is 11.9 Å². The van der Waals surface area contributed by atoms with Gasteiger partial charge in [0.25, 0.3) is 0 Å². The smallest absolute Gasteiger partial charge is 0.146 e. The van der Waals surface area contributed by atoms with Gasteiger partial charge >= 0.3 is 0 Å². The van der Waals surface area contributed by atoms with Gasteiger partial charge in [0.1, 0.15) is 17.6 Å². The molecule has 0 aromatic heterocycles. The van der Waals surface area contributed by atoms with Gasteiger partial charge < -0.3 is 4.74 Å². The Kier molecular flexibility index (Phi) is 3.65. The highest BCUT2D eigenvalue weighted by molar-refractivity contribution is 9.10. The van der Waals surface area contributed by atoms with Gasteiger partial charge in [-0.25, -0.2) is 0 Å². The van der Waals surface area contributed by atoms with E-state index < -0.39 is 0 Å². The molecule has 1 unspecified atom stereocenters. The molecule has 0 heterocycles. The van der Waals surface area contributed by atoms with Crippen LogP contribution < -0.4 is 4.74 Å². The van der Waals surface area contributed by atoms with Crippen molar-refractivity contribution in [3.63, 3.8) is 0 Å². The highest BCUT2D eigenvalue weighted by atomic mass is 79.9. The number of ether oxygens (including phenoxy) is 1. The monoisotopic (exact) mass is 336 g/mol. The zero-order valence-electron chi connectivity index (χ0n) is 12.2. The predicted molar refractivity (Wildman–Crippen MR) is 83.2 cm³/mol. The molecule has 20 heavy (non-hydrogen) atoms. The van der Waals surface area contributed by atoms with E-state index in [1.165, 1.54) is 30.4 Å². The highest BCUT2D eigenvalue weighted by Crippen LogP contribution is 2.50. The predicted octanol–water partition coefficient (Wildman–Crippen LogP) is 4.74. The maximum atomic E-state index is 12.1. The van der Waals surface area contributed by atoms with E-state index >= 15 is 0 Å². The summed E-state index contributed by atoms with van der Waals surface area (Å²) in [5, 5.41) is 0. The van der Waals surface area contributed by atoms with Crippen LogP contribution in [0, 0.1) is 19.3 Å². The molecule has 0 aliphatic heterocycles. The van der Waals surface area contributed by atoms with Gasteiger partial charge in [-0.1, -0.05) is 35.2 Å². The van der Waals surface area contributed by atoms with Crippen LogP contribution in [0.3, 0.4) is 0 Å². The third-order valence-corrected chi connectivity index (χ3v) is 6.23. The first kappa shape index (κ1) is 14.1. The fraction of sp³-hybridized carbons (Fsp3) is 0.588. The van der Waals surface area contributed by atoms with Crippen LogP contribution in [0.25, 0.3) is 0 Å². The Morgan fingerprint density at radius 1 is 1.15 bits per heavy atom. The molecule has 1 aromatic carbocycles. The number of rotatable bonds is 2. The topological polar surface area (TPSA) is 26.3 Å². The van der Waals surface area contributed by atoms with Crippen LogP contribution in [0.1, 0.15) is 49.7 Å². The van der Waals surface area contributed by atoms with E-state index in [-0.39, 0.29) is 11.5 Å².